The van der Waals surface area contributed by atoms with E-state index in [1.54, 1.807) is 24.3 Å². The fraction of sp³-hybridized carbons (Fsp3) is 0.133. The van der Waals surface area contributed by atoms with Gasteiger partial charge in [0.15, 0.2) is 5.78 Å². The molecule has 0 radical (unpaired) electrons. The molecule has 0 saturated carbocycles. The number of ketones is 1. The highest BCUT2D eigenvalue weighted by Gasteiger charge is 2.20. The molecule has 5 nitrogen and oxygen atoms in total. The number of halogens is 1. The first kappa shape index (κ1) is 15.0. The molecule has 108 valence electrons. The summed E-state index contributed by atoms with van der Waals surface area (Å²) in [6.45, 7) is 1.33. The Morgan fingerprint density at radius 1 is 1.24 bits per heavy atom. The number of pyridine rings is 1. The topological polar surface area (TPSA) is 68.3 Å². The Hall–Kier alpha value is -2.40. The second-order valence-corrected chi connectivity index (χ2v) is 4.66. The van der Waals surface area contributed by atoms with E-state index in [1.165, 1.54) is 20.1 Å². The van der Waals surface area contributed by atoms with Gasteiger partial charge in [-0.2, -0.15) is 0 Å². The van der Waals surface area contributed by atoms with Crippen LogP contribution in [0.2, 0.25) is 5.02 Å². The highest BCUT2D eigenvalue weighted by molar-refractivity contribution is 6.32. The maximum absolute atomic E-state index is 12.3. The van der Waals surface area contributed by atoms with Crippen molar-refractivity contribution in [2.75, 3.05) is 12.4 Å². The van der Waals surface area contributed by atoms with Gasteiger partial charge in [0.2, 0.25) is 5.88 Å². The smallest absolute Gasteiger partial charge is 0.258 e. The van der Waals surface area contributed by atoms with Gasteiger partial charge in [-0.25, -0.2) is 4.98 Å². The van der Waals surface area contributed by atoms with Crippen LogP contribution in [0.5, 0.6) is 5.88 Å². The number of hydrogen-bond acceptors (Lipinski definition) is 4. The zero-order valence-electron chi connectivity index (χ0n) is 11.5. The van der Waals surface area contributed by atoms with Crippen molar-refractivity contribution in [2.24, 2.45) is 0 Å². The number of amides is 1. The molecule has 6 heteroatoms. The molecular formula is C15H13ClN2O3. The summed E-state index contributed by atoms with van der Waals surface area (Å²) in [5, 5.41) is 2.85. The Kier molecular flexibility index (Phi) is 4.55. The number of carbonyl (C=O) groups excluding carboxylic acids is 2. The average Bonchev–Trinajstić information content (AvgIpc) is 2.47. The van der Waals surface area contributed by atoms with E-state index >= 15 is 0 Å². The number of carbonyl (C=O) groups is 2. The Labute approximate surface area is 126 Å². The monoisotopic (exact) mass is 304 g/mol. The summed E-state index contributed by atoms with van der Waals surface area (Å²) in [4.78, 5) is 27.9. The molecule has 0 spiro atoms. The molecule has 0 aliphatic rings. The Bertz CT molecular complexity index is 687. The van der Waals surface area contributed by atoms with E-state index in [4.69, 9.17) is 16.3 Å². The van der Waals surface area contributed by atoms with Gasteiger partial charge in [0.1, 0.15) is 10.7 Å². The van der Waals surface area contributed by atoms with Crippen molar-refractivity contribution in [3.8, 4) is 5.88 Å². The van der Waals surface area contributed by atoms with E-state index in [0.717, 1.165) is 0 Å². The summed E-state index contributed by atoms with van der Waals surface area (Å²) in [6.07, 6.45) is 0. The molecule has 0 fully saturated rings. The number of anilines is 1. The number of ether oxygens (including phenoxy) is 1. The Morgan fingerprint density at radius 3 is 2.48 bits per heavy atom. The van der Waals surface area contributed by atoms with Gasteiger partial charge in [0.05, 0.1) is 12.7 Å². The SMILES string of the molecule is COc1nc(C(C)=O)c(C(=O)Nc2ccccc2)cc1Cl. The third-order valence-corrected chi connectivity index (χ3v) is 3.02. The highest BCUT2D eigenvalue weighted by Crippen LogP contribution is 2.25. The van der Waals surface area contributed by atoms with Crippen LogP contribution in [0.1, 0.15) is 27.8 Å². The van der Waals surface area contributed by atoms with E-state index in [-0.39, 0.29) is 27.9 Å². The Morgan fingerprint density at radius 2 is 1.90 bits per heavy atom. The third-order valence-electron chi connectivity index (χ3n) is 2.75. The molecule has 0 unspecified atom stereocenters. The fourth-order valence-corrected chi connectivity index (χ4v) is 2.01. The van der Waals surface area contributed by atoms with Gasteiger partial charge < -0.3 is 10.1 Å². The van der Waals surface area contributed by atoms with E-state index in [9.17, 15) is 9.59 Å². The number of rotatable bonds is 4. The molecule has 1 amide bonds. The predicted octanol–water partition coefficient (Wildman–Crippen LogP) is 3.20. The molecule has 1 N–H and O–H groups in total. The maximum Gasteiger partial charge on any atom is 0.258 e. The van der Waals surface area contributed by atoms with Crippen LogP contribution in [0.4, 0.5) is 5.69 Å². The van der Waals surface area contributed by atoms with Gasteiger partial charge in [0.25, 0.3) is 5.91 Å². The van der Waals surface area contributed by atoms with Crippen LogP contribution in [0.3, 0.4) is 0 Å². The van der Waals surface area contributed by atoms with Crippen molar-refractivity contribution >= 4 is 29.0 Å². The minimum atomic E-state index is -0.455. The quantitative estimate of drug-likeness (QED) is 0.881. The van der Waals surface area contributed by atoms with Gasteiger partial charge in [0, 0.05) is 12.6 Å². The lowest BCUT2D eigenvalue weighted by atomic mass is 10.1. The average molecular weight is 305 g/mol. The molecule has 0 bridgehead atoms. The summed E-state index contributed by atoms with van der Waals surface area (Å²) in [5.41, 5.74) is 0.741. The van der Waals surface area contributed by atoms with Crippen molar-refractivity contribution in [3.05, 3.63) is 52.7 Å². The van der Waals surface area contributed by atoms with Crippen molar-refractivity contribution in [1.29, 1.82) is 0 Å². The number of aromatic nitrogens is 1. The van der Waals surface area contributed by atoms with Gasteiger partial charge in [-0.3, -0.25) is 9.59 Å². The van der Waals surface area contributed by atoms with Crippen LogP contribution in [-0.2, 0) is 0 Å². The molecular weight excluding hydrogens is 292 g/mol. The van der Waals surface area contributed by atoms with Gasteiger partial charge in [-0.1, -0.05) is 29.8 Å². The van der Waals surface area contributed by atoms with E-state index in [1.807, 2.05) is 6.07 Å². The van der Waals surface area contributed by atoms with Gasteiger partial charge >= 0.3 is 0 Å². The van der Waals surface area contributed by atoms with Crippen LogP contribution in [0.25, 0.3) is 0 Å². The Balaban J connectivity index is 2.40. The number of hydrogen-bond donors (Lipinski definition) is 1. The normalized spacial score (nSPS) is 10.0. The molecule has 2 aromatic rings. The minimum absolute atomic E-state index is 0.0182. The van der Waals surface area contributed by atoms with Gasteiger partial charge in [-0.05, 0) is 18.2 Å². The van der Waals surface area contributed by atoms with Crippen LogP contribution in [0.15, 0.2) is 36.4 Å². The number of para-hydroxylation sites is 1. The number of benzene rings is 1. The van der Waals surface area contributed by atoms with E-state index in [0.29, 0.717) is 5.69 Å². The summed E-state index contributed by atoms with van der Waals surface area (Å²) in [5.74, 6) is -0.690. The summed E-state index contributed by atoms with van der Waals surface area (Å²) < 4.78 is 4.96. The summed E-state index contributed by atoms with van der Waals surface area (Å²) >= 11 is 5.97. The van der Waals surface area contributed by atoms with Crippen LogP contribution in [0, 0.1) is 0 Å². The molecule has 21 heavy (non-hydrogen) atoms. The molecule has 1 aromatic carbocycles. The lowest BCUT2D eigenvalue weighted by Crippen LogP contribution is -2.17. The predicted molar refractivity (Wildman–Crippen MR) is 80.2 cm³/mol. The molecule has 0 atom stereocenters. The van der Waals surface area contributed by atoms with Crippen LogP contribution < -0.4 is 10.1 Å². The number of methoxy groups -OCH3 is 1. The molecule has 0 saturated heterocycles. The second-order valence-electron chi connectivity index (χ2n) is 4.25. The van der Waals surface area contributed by atoms with Crippen molar-refractivity contribution in [2.45, 2.75) is 6.92 Å². The van der Waals surface area contributed by atoms with E-state index < -0.39 is 5.91 Å². The van der Waals surface area contributed by atoms with E-state index in [2.05, 4.69) is 10.3 Å². The summed E-state index contributed by atoms with van der Waals surface area (Å²) in [7, 11) is 1.39. The third kappa shape index (κ3) is 3.38. The first-order chi connectivity index (χ1) is 10.0. The minimum Gasteiger partial charge on any atom is -0.480 e. The molecule has 1 aromatic heterocycles. The zero-order valence-corrected chi connectivity index (χ0v) is 12.3. The number of nitrogens with zero attached hydrogens (tertiary/aromatic N) is 1. The van der Waals surface area contributed by atoms with Gasteiger partial charge in [-0.15, -0.1) is 0 Å². The van der Waals surface area contributed by atoms with Crippen molar-refractivity contribution < 1.29 is 14.3 Å². The van der Waals surface area contributed by atoms with Crippen LogP contribution >= 0.6 is 11.6 Å². The molecule has 2 rings (SSSR count). The lowest BCUT2D eigenvalue weighted by molar-refractivity contribution is 0.0980. The summed E-state index contributed by atoms with van der Waals surface area (Å²) in [6, 6.07) is 10.3. The zero-order chi connectivity index (χ0) is 15.4. The molecule has 0 aliphatic heterocycles. The maximum atomic E-state index is 12.3. The standard InChI is InChI=1S/C15H13ClN2O3/c1-9(19)13-11(8-12(16)15(18-13)21-2)14(20)17-10-6-4-3-5-7-10/h3-8H,1-2H3,(H,17,20). The number of Topliss-reactive ketones (excluding diaryl/α,β-unsaturated/α-hetero) is 1. The van der Waals surface area contributed by atoms with Crippen LogP contribution in [-0.4, -0.2) is 23.8 Å². The largest absolute Gasteiger partial charge is 0.480 e. The fourth-order valence-electron chi connectivity index (χ4n) is 1.78. The first-order valence-electron chi connectivity index (χ1n) is 6.14. The first-order valence-corrected chi connectivity index (χ1v) is 6.52. The highest BCUT2D eigenvalue weighted by atomic mass is 35.5. The molecule has 0 aliphatic carbocycles. The lowest BCUT2D eigenvalue weighted by Gasteiger charge is -2.10. The van der Waals surface area contributed by atoms with Crippen molar-refractivity contribution in [1.82, 2.24) is 4.98 Å². The molecule has 1 heterocycles. The second kappa shape index (κ2) is 6.37. The number of nitrogens with one attached hydrogen (secondary N) is 1. The van der Waals surface area contributed by atoms with Crippen molar-refractivity contribution in [3.63, 3.8) is 0 Å².